The van der Waals surface area contributed by atoms with Crippen LogP contribution in [0, 0.1) is 0 Å². The van der Waals surface area contributed by atoms with Gasteiger partial charge in [0.15, 0.2) is 5.67 Å². The fourth-order valence-corrected chi connectivity index (χ4v) is 4.40. The van der Waals surface area contributed by atoms with E-state index in [1.54, 1.807) is 24.3 Å². The van der Waals surface area contributed by atoms with Gasteiger partial charge in [-0.15, -0.1) is 0 Å². The molecule has 0 unspecified atom stereocenters. The third-order valence-corrected chi connectivity index (χ3v) is 6.61. The van der Waals surface area contributed by atoms with Crippen LogP contribution in [0.4, 0.5) is 32.0 Å². The molecule has 0 spiro atoms. The maximum Gasteiger partial charge on any atom is 0.416 e. The van der Waals surface area contributed by atoms with Crippen LogP contribution in [0.25, 0.3) is 22.2 Å². The first kappa shape index (κ1) is 31.5. The van der Waals surface area contributed by atoms with E-state index in [9.17, 15) is 35.9 Å². The molecule has 7 nitrogen and oxygen atoms in total. The molecule has 0 bridgehead atoms. The number of rotatable bonds is 10. The summed E-state index contributed by atoms with van der Waals surface area (Å²) in [7, 11) is 1.52. The number of methoxy groups -OCH3 is 1. The zero-order chi connectivity index (χ0) is 31.5. The summed E-state index contributed by atoms with van der Waals surface area (Å²) in [5.74, 6) is -1.80. The largest absolute Gasteiger partial charge is 0.416 e. The Balaban J connectivity index is 1.64. The quantitative estimate of drug-likeness (QED) is 0.192. The van der Waals surface area contributed by atoms with Crippen molar-refractivity contribution in [2.45, 2.75) is 45.2 Å². The van der Waals surface area contributed by atoms with Crippen LogP contribution in [0.3, 0.4) is 0 Å². The van der Waals surface area contributed by atoms with Gasteiger partial charge in [-0.2, -0.15) is 13.2 Å². The number of carbonyl (C=O) groups is 2. The second kappa shape index (κ2) is 12.5. The van der Waals surface area contributed by atoms with E-state index < -0.39 is 46.9 Å². The highest BCUT2D eigenvalue weighted by Crippen LogP contribution is 2.34. The average Bonchev–Trinajstić information content (AvgIpc) is 3.31. The first-order valence-electron chi connectivity index (χ1n) is 13.0. The van der Waals surface area contributed by atoms with Crippen LogP contribution in [-0.2, 0) is 28.8 Å². The first-order valence-corrected chi connectivity index (χ1v) is 13.0. The molecule has 2 aromatic carbocycles. The number of alkyl halides is 6. The summed E-state index contributed by atoms with van der Waals surface area (Å²) in [5, 5.41) is 5.53. The predicted molar refractivity (Wildman–Crippen MR) is 148 cm³/mol. The Bertz CT molecular complexity index is 1630. The third-order valence-electron chi connectivity index (χ3n) is 6.61. The number of carbonyl (C=O) groups excluding carboxylic acids is 2. The third kappa shape index (κ3) is 7.34. The number of anilines is 1. The molecule has 0 radical (unpaired) electrons. The van der Waals surface area contributed by atoms with Crippen molar-refractivity contribution in [3.8, 4) is 11.3 Å². The molecule has 13 heteroatoms. The summed E-state index contributed by atoms with van der Waals surface area (Å²) >= 11 is 0. The molecule has 0 saturated carbocycles. The van der Waals surface area contributed by atoms with E-state index in [-0.39, 0.29) is 17.8 Å². The Morgan fingerprint density at radius 1 is 1.00 bits per heavy atom. The number of nitrogens with one attached hydrogen (secondary N) is 2. The number of halogens is 6. The number of hydrogen-bond donors (Lipinski definition) is 2. The maximum absolute atomic E-state index is 13.8. The van der Waals surface area contributed by atoms with Gasteiger partial charge in [-0.3, -0.25) is 14.6 Å². The van der Waals surface area contributed by atoms with Gasteiger partial charge >= 0.3 is 6.18 Å². The zero-order valence-corrected chi connectivity index (χ0v) is 23.4. The van der Waals surface area contributed by atoms with Crippen LogP contribution < -0.4 is 10.6 Å². The van der Waals surface area contributed by atoms with Crippen molar-refractivity contribution in [1.82, 2.24) is 14.9 Å². The van der Waals surface area contributed by atoms with Gasteiger partial charge in [-0.05, 0) is 67.4 Å². The summed E-state index contributed by atoms with van der Waals surface area (Å²) in [6, 6.07) is 12.5. The number of nitrogens with zero attached hydrogens (tertiary/aromatic N) is 2. The van der Waals surface area contributed by atoms with Gasteiger partial charge in [-0.25, -0.2) is 13.2 Å². The minimum Gasteiger partial charge on any atom is -0.383 e. The van der Waals surface area contributed by atoms with Crippen molar-refractivity contribution >= 4 is 28.4 Å². The minimum absolute atomic E-state index is 0.207. The van der Waals surface area contributed by atoms with E-state index in [0.717, 1.165) is 38.2 Å². The van der Waals surface area contributed by atoms with Crippen LogP contribution in [0.2, 0.25) is 0 Å². The number of fused-ring (bicyclic) bond motifs is 1. The zero-order valence-electron chi connectivity index (χ0n) is 23.4. The average molecular weight is 607 g/mol. The Morgan fingerprint density at radius 3 is 2.30 bits per heavy atom. The fraction of sp³-hybridized carbons (Fsp3) is 0.300. The molecule has 0 fully saturated rings. The second-order valence-electron chi connectivity index (χ2n) is 10.2. The number of pyridine rings is 1. The molecule has 2 amide bonds. The lowest BCUT2D eigenvalue weighted by atomic mass is 10.1. The number of benzene rings is 2. The fourth-order valence-electron chi connectivity index (χ4n) is 4.40. The highest BCUT2D eigenvalue weighted by atomic mass is 19.4. The van der Waals surface area contributed by atoms with Crippen LogP contribution in [0.5, 0.6) is 0 Å². The summed E-state index contributed by atoms with van der Waals surface area (Å²) in [4.78, 5) is 28.7. The first-order chi connectivity index (χ1) is 20.2. The Morgan fingerprint density at radius 2 is 1.70 bits per heavy atom. The minimum atomic E-state index is -4.48. The SMILES string of the molecule is COCCn1c(-c2ccc(C(F)(F)F)cc2)cc2cc(NC(=O)c3cc(CNC(=O)C(C)(C)F)cnc3C(F)F)ccc21. The van der Waals surface area contributed by atoms with Crippen LogP contribution in [0.15, 0.2) is 60.8 Å². The standard InChI is InChI=1S/C30H28F6N4O3/c1-29(2,33)28(42)38-16-17-12-22(25(26(31)32)37-15-17)27(41)39-21-8-9-23-19(13-21)14-24(40(23)10-11-43-3)18-4-6-20(7-5-18)30(34,35)36/h4-9,12-15,26H,10-11,16H2,1-3H3,(H,38,42)(H,39,41). The molecular weight excluding hydrogens is 578 g/mol. The topological polar surface area (TPSA) is 85.2 Å². The van der Waals surface area contributed by atoms with Gasteiger partial charge in [0.25, 0.3) is 18.2 Å². The number of hydrogen-bond acceptors (Lipinski definition) is 4. The molecule has 228 valence electrons. The van der Waals surface area contributed by atoms with Crippen molar-refractivity contribution in [3.63, 3.8) is 0 Å². The van der Waals surface area contributed by atoms with E-state index in [2.05, 4.69) is 15.6 Å². The number of aromatic nitrogens is 2. The van der Waals surface area contributed by atoms with E-state index in [4.69, 9.17) is 4.74 Å². The van der Waals surface area contributed by atoms with Gasteiger partial charge in [0, 0.05) is 48.7 Å². The molecule has 2 aromatic heterocycles. The monoisotopic (exact) mass is 606 g/mol. The number of ether oxygens (including phenoxy) is 1. The van der Waals surface area contributed by atoms with Gasteiger partial charge in [0.1, 0.15) is 5.69 Å². The molecule has 0 atom stereocenters. The van der Waals surface area contributed by atoms with Gasteiger partial charge < -0.3 is 19.9 Å². The smallest absolute Gasteiger partial charge is 0.383 e. The molecule has 0 aliphatic rings. The van der Waals surface area contributed by atoms with E-state index in [1.165, 1.54) is 19.2 Å². The Hall–Kier alpha value is -4.39. The molecular formula is C30H28F6N4O3. The summed E-state index contributed by atoms with van der Waals surface area (Å²) in [6.45, 7) is 2.59. The second-order valence-corrected chi connectivity index (χ2v) is 10.2. The van der Waals surface area contributed by atoms with E-state index >= 15 is 0 Å². The molecule has 0 aliphatic carbocycles. The van der Waals surface area contributed by atoms with Crippen LogP contribution in [-0.4, -0.2) is 40.8 Å². The van der Waals surface area contributed by atoms with Crippen molar-refractivity contribution in [2.24, 2.45) is 0 Å². The molecule has 0 saturated heterocycles. The Kier molecular flexibility index (Phi) is 9.14. The van der Waals surface area contributed by atoms with Crippen molar-refractivity contribution in [3.05, 3.63) is 83.2 Å². The lowest BCUT2D eigenvalue weighted by molar-refractivity contribution is -0.137. The summed E-state index contributed by atoms with van der Waals surface area (Å²) in [5.41, 5.74) is -1.83. The molecule has 4 aromatic rings. The van der Waals surface area contributed by atoms with Gasteiger partial charge in [0.05, 0.1) is 17.7 Å². The normalized spacial score (nSPS) is 12.1. The molecule has 4 rings (SSSR count). The highest BCUT2D eigenvalue weighted by molar-refractivity contribution is 6.06. The Labute approximate surface area is 242 Å². The van der Waals surface area contributed by atoms with Gasteiger partial charge in [0.2, 0.25) is 0 Å². The van der Waals surface area contributed by atoms with E-state index in [0.29, 0.717) is 35.3 Å². The lowest BCUT2D eigenvalue weighted by Crippen LogP contribution is -2.38. The highest BCUT2D eigenvalue weighted by Gasteiger charge is 2.30. The predicted octanol–water partition coefficient (Wildman–Crippen LogP) is 6.92. The molecule has 0 aliphatic heterocycles. The molecule has 43 heavy (non-hydrogen) atoms. The summed E-state index contributed by atoms with van der Waals surface area (Å²) < 4.78 is 87.5. The van der Waals surface area contributed by atoms with Crippen molar-refractivity contribution < 1.29 is 40.7 Å². The lowest BCUT2D eigenvalue weighted by Gasteiger charge is -2.15. The van der Waals surface area contributed by atoms with Crippen molar-refractivity contribution in [1.29, 1.82) is 0 Å². The molecule has 2 N–H and O–H groups in total. The summed E-state index contributed by atoms with van der Waals surface area (Å²) in [6.07, 6.45) is -6.48. The van der Waals surface area contributed by atoms with Crippen molar-refractivity contribution in [2.75, 3.05) is 19.0 Å². The maximum atomic E-state index is 13.8. The molecule has 2 heterocycles. The van der Waals surface area contributed by atoms with Crippen LogP contribution >= 0.6 is 0 Å². The van der Waals surface area contributed by atoms with Crippen LogP contribution in [0.1, 0.15) is 47.5 Å². The number of amides is 2. The van der Waals surface area contributed by atoms with Gasteiger partial charge in [-0.1, -0.05) is 12.1 Å². The van der Waals surface area contributed by atoms with E-state index in [1.807, 2.05) is 4.57 Å².